The molecule has 0 aliphatic heterocycles. The Balaban J connectivity index is 2.22. The number of aryl methyl sites for hydroxylation is 1. The highest BCUT2D eigenvalue weighted by Crippen LogP contribution is 2.36. The van der Waals surface area contributed by atoms with Gasteiger partial charge in [-0.05, 0) is 41.7 Å². The van der Waals surface area contributed by atoms with Crippen molar-refractivity contribution in [1.82, 2.24) is 0 Å². The van der Waals surface area contributed by atoms with Gasteiger partial charge in [0.05, 0.1) is 0 Å². The Morgan fingerprint density at radius 2 is 1.71 bits per heavy atom. The van der Waals surface area contributed by atoms with E-state index in [1.165, 1.54) is 19.3 Å². The van der Waals surface area contributed by atoms with Crippen LogP contribution in [0.15, 0.2) is 24.3 Å². The summed E-state index contributed by atoms with van der Waals surface area (Å²) in [7, 11) is 0. The molecular weight excluding hydrogens is 168 g/mol. The van der Waals surface area contributed by atoms with Gasteiger partial charge in [0, 0.05) is 0 Å². The molecule has 1 unspecified atom stereocenters. The molecule has 0 heterocycles. The van der Waals surface area contributed by atoms with E-state index in [9.17, 15) is 0 Å². The molecule has 0 radical (unpaired) electrons. The average molecular weight is 188 g/mol. The summed E-state index contributed by atoms with van der Waals surface area (Å²) in [5.41, 5.74) is 3.62. The Kier molecular flexibility index (Phi) is 2.38. The maximum atomic E-state index is 2.37. The summed E-state index contributed by atoms with van der Waals surface area (Å²) in [4.78, 5) is 0. The highest BCUT2D eigenvalue weighted by atomic mass is 14.3. The first-order chi connectivity index (χ1) is 6.57. The Labute approximate surface area is 87.3 Å². The number of hydrogen-bond donors (Lipinski definition) is 0. The van der Waals surface area contributed by atoms with Crippen LogP contribution in [0.4, 0.5) is 0 Å². The fourth-order valence-electron chi connectivity index (χ4n) is 2.44. The summed E-state index contributed by atoms with van der Waals surface area (Å²) in [5, 5.41) is 0. The zero-order valence-corrected chi connectivity index (χ0v) is 9.51. The molecule has 14 heavy (non-hydrogen) atoms. The van der Waals surface area contributed by atoms with Crippen LogP contribution >= 0.6 is 0 Å². The van der Waals surface area contributed by atoms with Gasteiger partial charge >= 0.3 is 0 Å². The standard InChI is InChI=1S/C14H20/c1-14(2,3)13-9-8-11-6-4-5-7-12(11)10-13/h4-7,13H,8-10H2,1-3H3. The summed E-state index contributed by atoms with van der Waals surface area (Å²) in [6.07, 6.45) is 3.91. The zero-order valence-electron chi connectivity index (χ0n) is 9.51. The van der Waals surface area contributed by atoms with Crippen molar-refractivity contribution in [1.29, 1.82) is 0 Å². The van der Waals surface area contributed by atoms with Crippen molar-refractivity contribution < 1.29 is 0 Å². The van der Waals surface area contributed by atoms with E-state index in [-0.39, 0.29) is 0 Å². The number of rotatable bonds is 0. The molecule has 0 nitrogen and oxygen atoms in total. The normalized spacial score (nSPS) is 21.8. The molecule has 1 atom stereocenters. The van der Waals surface area contributed by atoms with E-state index in [0.29, 0.717) is 5.41 Å². The molecule has 0 saturated heterocycles. The van der Waals surface area contributed by atoms with Crippen molar-refractivity contribution in [2.75, 3.05) is 0 Å². The molecule has 1 aromatic rings. The Bertz CT molecular complexity index is 317. The summed E-state index contributed by atoms with van der Waals surface area (Å²) in [6, 6.07) is 8.92. The predicted octanol–water partition coefficient (Wildman–Crippen LogP) is 3.84. The van der Waals surface area contributed by atoms with Crippen LogP contribution in [0.25, 0.3) is 0 Å². The first kappa shape index (κ1) is 9.76. The minimum absolute atomic E-state index is 0.466. The highest BCUT2D eigenvalue weighted by molar-refractivity contribution is 5.29. The van der Waals surface area contributed by atoms with E-state index in [0.717, 1.165) is 5.92 Å². The molecule has 0 N–H and O–H groups in total. The van der Waals surface area contributed by atoms with Crippen molar-refractivity contribution in [3.05, 3.63) is 35.4 Å². The molecule has 0 spiro atoms. The summed E-state index contributed by atoms with van der Waals surface area (Å²) in [5.74, 6) is 0.859. The van der Waals surface area contributed by atoms with Crippen LogP contribution in [0.2, 0.25) is 0 Å². The van der Waals surface area contributed by atoms with Crippen LogP contribution in [0, 0.1) is 11.3 Å². The largest absolute Gasteiger partial charge is 0.0620 e. The average Bonchev–Trinajstić information content (AvgIpc) is 2.16. The molecule has 0 bridgehead atoms. The van der Waals surface area contributed by atoms with E-state index in [1.807, 2.05) is 0 Å². The lowest BCUT2D eigenvalue weighted by atomic mass is 9.71. The van der Waals surface area contributed by atoms with Crippen LogP contribution in [0.3, 0.4) is 0 Å². The van der Waals surface area contributed by atoms with Crippen molar-refractivity contribution >= 4 is 0 Å². The molecule has 0 aromatic heterocycles. The molecule has 1 aliphatic carbocycles. The molecule has 1 aliphatic rings. The van der Waals surface area contributed by atoms with Gasteiger partial charge in [-0.3, -0.25) is 0 Å². The van der Waals surface area contributed by atoms with Gasteiger partial charge in [0.2, 0.25) is 0 Å². The minimum Gasteiger partial charge on any atom is -0.0620 e. The molecule has 2 rings (SSSR count). The van der Waals surface area contributed by atoms with Crippen molar-refractivity contribution in [3.8, 4) is 0 Å². The SMILES string of the molecule is CC(C)(C)C1CCc2ccccc2C1. The number of fused-ring (bicyclic) bond motifs is 1. The van der Waals surface area contributed by atoms with Gasteiger partial charge in [-0.2, -0.15) is 0 Å². The topological polar surface area (TPSA) is 0 Å². The quantitative estimate of drug-likeness (QED) is 0.580. The smallest absolute Gasteiger partial charge is 0.0243 e. The van der Waals surface area contributed by atoms with Crippen LogP contribution in [-0.2, 0) is 12.8 Å². The lowest BCUT2D eigenvalue weighted by molar-refractivity contribution is 0.216. The van der Waals surface area contributed by atoms with Crippen LogP contribution < -0.4 is 0 Å². The van der Waals surface area contributed by atoms with Gasteiger partial charge in [-0.1, -0.05) is 45.0 Å². The maximum Gasteiger partial charge on any atom is -0.0243 e. The summed E-state index contributed by atoms with van der Waals surface area (Å²) < 4.78 is 0. The molecular formula is C14H20. The maximum absolute atomic E-state index is 2.37. The Hall–Kier alpha value is -0.780. The van der Waals surface area contributed by atoms with Crippen LogP contribution in [-0.4, -0.2) is 0 Å². The fraction of sp³-hybridized carbons (Fsp3) is 0.571. The second-order valence-corrected chi connectivity index (χ2v) is 5.57. The third-order valence-corrected chi connectivity index (χ3v) is 3.57. The molecule has 76 valence electrons. The lowest BCUT2D eigenvalue weighted by Crippen LogP contribution is -2.26. The van der Waals surface area contributed by atoms with Gasteiger partial charge in [-0.25, -0.2) is 0 Å². The van der Waals surface area contributed by atoms with Gasteiger partial charge in [0.1, 0.15) is 0 Å². The van der Waals surface area contributed by atoms with Gasteiger partial charge in [-0.15, -0.1) is 0 Å². The highest BCUT2D eigenvalue weighted by Gasteiger charge is 2.28. The Morgan fingerprint density at radius 3 is 2.36 bits per heavy atom. The molecule has 0 saturated carbocycles. The molecule has 1 aromatic carbocycles. The van der Waals surface area contributed by atoms with Crippen LogP contribution in [0.5, 0.6) is 0 Å². The molecule has 0 heteroatoms. The third kappa shape index (κ3) is 1.84. The monoisotopic (exact) mass is 188 g/mol. The van der Waals surface area contributed by atoms with Gasteiger partial charge in [0.25, 0.3) is 0 Å². The minimum atomic E-state index is 0.466. The zero-order chi connectivity index (χ0) is 10.2. The summed E-state index contributed by atoms with van der Waals surface area (Å²) in [6.45, 7) is 7.10. The van der Waals surface area contributed by atoms with E-state index in [1.54, 1.807) is 11.1 Å². The third-order valence-electron chi connectivity index (χ3n) is 3.57. The van der Waals surface area contributed by atoms with Crippen molar-refractivity contribution in [3.63, 3.8) is 0 Å². The molecule has 0 fully saturated rings. The first-order valence-electron chi connectivity index (χ1n) is 5.64. The van der Waals surface area contributed by atoms with E-state index in [2.05, 4.69) is 45.0 Å². The second-order valence-electron chi connectivity index (χ2n) is 5.57. The van der Waals surface area contributed by atoms with Crippen LogP contribution in [0.1, 0.15) is 38.3 Å². The van der Waals surface area contributed by atoms with Crippen molar-refractivity contribution in [2.45, 2.75) is 40.0 Å². The van der Waals surface area contributed by atoms with Crippen molar-refractivity contribution in [2.24, 2.45) is 11.3 Å². The molecule has 0 amide bonds. The van der Waals surface area contributed by atoms with E-state index < -0.39 is 0 Å². The van der Waals surface area contributed by atoms with Gasteiger partial charge in [0.15, 0.2) is 0 Å². The Morgan fingerprint density at radius 1 is 1.07 bits per heavy atom. The fourth-order valence-corrected chi connectivity index (χ4v) is 2.44. The van der Waals surface area contributed by atoms with E-state index in [4.69, 9.17) is 0 Å². The van der Waals surface area contributed by atoms with Gasteiger partial charge < -0.3 is 0 Å². The first-order valence-corrected chi connectivity index (χ1v) is 5.64. The van der Waals surface area contributed by atoms with E-state index >= 15 is 0 Å². The second kappa shape index (κ2) is 3.42. The predicted molar refractivity (Wildman–Crippen MR) is 61.4 cm³/mol. The number of hydrogen-bond acceptors (Lipinski definition) is 0. The lowest BCUT2D eigenvalue weighted by Gasteiger charge is -2.34. The summed E-state index contributed by atoms with van der Waals surface area (Å²) >= 11 is 0. The number of benzene rings is 1.